The molecule has 0 amide bonds. The molecule has 0 N–H and O–H groups in total. The summed E-state index contributed by atoms with van der Waals surface area (Å²) in [6.07, 6.45) is 4.32. The molecular formula is C14H21N5O. The fourth-order valence-corrected chi connectivity index (χ4v) is 2.68. The molecule has 0 radical (unpaired) electrons. The number of nitrogens with zero attached hydrogens (tertiary/aromatic N) is 5. The Kier molecular flexibility index (Phi) is 3.56. The van der Waals surface area contributed by atoms with Crippen molar-refractivity contribution in [1.82, 2.24) is 19.6 Å². The Bertz CT molecular complexity index is 584. The quantitative estimate of drug-likeness (QED) is 0.855. The highest BCUT2D eigenvalue weighted by atomic mass is 16.5. The smallest absolute Gasteiger partial charge is 0.165 e. The molecule has 0 bridgehead atoms. The van der Waals surface area contributed by atoms with Crippen LogP contribution in [-0.2, 0) is 4.74 Å². The standard InChI is InChI=1S/C14H21N5O/c1-4-11-7-18(8-12(5-2)20-11)13-6-14-17-15-9-19(14)10(3)16-13/h6,9,11-12H,4-5,7-8H2,1-3H3. The molecule has 2 aromatic heterocycles. The second-order valence-corrected chi connectivity index (χ2v) is 5.32. The van der Waals surface area contributed by atoms with Crippen molar-refractivity contribution in [3.63, 3.8) is 0 Å². The van der Waals surface area contributed by atoms with E-state index in [1.807, 2.05) is 17.4 Å². The first-order valence-electron chi connectivity index (χ1n) is 7.29. The summed E-state index contributed by atoms with van der Waals surface area (Å²) in [4.78, 5) is 7.00. The summed E-state index contributed by atoms with van der Waals surface area (Å²) in [5.41, 5.74) is 0.847. The zero-order valence-electron chi connectivity index (χ0n) is 12.3. The van der Waals surface area contributed by atoms with Crippen LogP contribution in [0.15, 0.2) is 12.4 Å². The van der Waals surface area contributed by atoms with E-state index < -0.39 is 0 Å². The first kappa shape index (κ1) is 13.3. The molecule has 3 heterocycles. The molecule has 108 valence electrons. The van der Waals surface area contributed by atoms with E-state index in [1.165, 1.54) is 0 Å². The summed E-state index contributed by atoms with van der Waals surface area (Å²) in [6, 6.07) is 2.00. The number of hydrogen-bond acceptors (Lipinski definition) is 5. The molecule has 6 heteroatoms. The van der Waals surface area contributed by atoms with Gasteiger partial charge < -0.3 is 9.64 Å². The summed E-state index contributed by atoms with van der Waals surface area (Å²) in [5, 5.41) is 8.07. The zero-order valence-corrected chi connectivity index (χ0v) is 12.3. The van der Waals surface area contributed by atoms with E-state index in [0.717, 1.165) is 43.2 Å². The number of aromatic nitrogens is 4. The lowest BCUT2D eigenvalue weighted by Crippen LogP contribution is -2.47. The lowest BCUT2D eigenvalue weighted by Gasteiger charge is -2.38. The van der Waals surface area contributed by atoms with E-state index in [-0.39, 0.29) is 12.2 Å². The highest BCUT2D eigenvalue weighted by Gasteiger charge is 2.27. The first-order valence-corrected chi connectivity index (χ1v) is 7.29. The van der Waals surface area contributed by atoms with Crippen molar-refractivity contribution in [3.8, 4) is 0 Å². The normalized spacial score (nSPS) is 23.4. The van der Waals surface area contributed by atoms with Gasteiger partial charge in [0.2, 0.25) is 0 Å². The third-order valence-electron chi connectivity index (χ3n) is 3.92. The molecule has 1 aliphatic rings. The molecule has 0 spiro atoms. The molecule has 2 unspecified atom stereocenters. The number of hydrogen-bond donors (Lipinski definition) is 0. The molecule has 0 saturated carbocycles. The van der Waals surface area contributed by atoms with Crippen LogP contribution in [0.5, 0.6) is 0 Å². The molecular weight excluding hydrogens is 254 g/mol. The maximum Gasteiger partial charge on any atom is 0.165 e. The molecule has 3 rings (SSSR count). The summed E-state index contributed by atoms with van der Waals surface area (Å²) in [7, 11) is 0. The first-order chi connectivity index (χ1) is 9.71. The summed E-state index contributed by atoms with van der Waals surface area (Å²) in [5.74, 6) is 1.89. The molecule has 0 aliphatic carbocycles. The number of ether oxygens (including phenoxy) is 1. The Morgan fingerprint density at radius 2 is 1.95 bits per heavy atom. The van der Waals surface area contributed by atoms with E-state index in [1.54, 1.807) is 6.33 Å². The topological polar surface area (TPSA) is 55.6 Å². The van der Waals surface area contributed by atoms with Gasteiger partial charge in [0.05, 0.1) is 12.2 Å². The summed E-state index contributed by atoms with van der Waals surface area (Å²) < 4.78 is 7.94. The Balaban J connectivity index is 1.92. The van der Waals surface area contributed by atoms with Gasteiger partial charge in [0.25, 0.3) is 0 Å². The van der Waals surface area contributed by atoms with Gasteiger partial charge in [0.1, 0.15) is 18.0 Å². The lowest BCUT2D eigenvalue weighted by molar-refractivity contribution is -0.0287. The van der Waals surface area contributed by atoms with Gasteiger partial charge >= 0.3 is 0 Å². The number of rotatable bonds is 3. The molecule has 1 aliphatic heterocycles. The van der Waals surface area contributed by atoms with Crippen molar-refractivity contribution >= 4 is 11.5 Å². The van der Waals surface area contributed by atoms with Crippen molar-refractivity contribution in [2.24, 2.45) is 0 Å². The number of morpholine rings is 1. The number of fused-ring (bicyclic) bond motifs is 1. The van der Waals surface area contributed by atoms with Crippen LogP contribution in [0, 0.1) is 6.92 Å². The summed E-state index contributed by atoms with van der Waals surface area (Å²) >= 11 is 0. The van der Waals surface area contributed by atoms with Gasteiger partial charge in [0.15, 0.2) is 5.65 Å². The highest BCUT2D eigenvalue weighted by Crippen LogP contribution is 2.22. The maximum atomic E-state index is 6.04. The molecule has 0 aromatic carbocycles. The average molecular weight is 275 g/mol. The van der Waals surface area contributed by atoms with Crippen molar-refractivity contribution in [3.05, 3.63) is 18.2 Å². The van der Waals surface area contributed by atoms with Gasteiger partial charge in [-0.2, -0.15) is 0 Å². The van der Waals surface area contributed by atoms with Crippen LogP contribution in [0.1, 0.15) is 32.5 Å². The predicted molar refractivity (Wildman–Crippen MR) is 77.0 cm³/mol. The molecule has 2 atom stereocenters. The molecule has 1 saturated heterocycles. The van der Waals surface area contributed by atoms with Crippen molar-refractivity contribution < 1.29 is 4.74 Å². The Morgan fingerprint density at radius 3 is 2.60 bits per heavy atom. The third-order valence-corrected chi connectivity index (χ3v) is 3.92. The minimum absolute atomic E-state index is 0.282. The van der Waals surface area contributed by atoms with Gasteiger partial charge in [0, 0.05) is 19.2 Å². The van der Waals surface area contributed by atoms with Gasteiger partial charge in [-0.15, -0.1) is 10.2 Å². The van der Waals surface area contributed by atoms with Crippen LogP contribution in [0.4, 0.5) is 5.82 Å². The van der Waals surface area contributed by atoms with Crippen LogP contribution in [0.3, 0.4) is 0 Å². The van der Waals surface area contributed by atoms with Crippen LogP contribution in [-0.4, -0.2) is 44.9 Å². The highest BCUT2D eigenvalue weighted by molar-refractivity contribution is 5.51. The van der Waals surface area contributed by atoms with Gasteiger partial charge in [-0.3, -0.25) is 4.40 Å². The average Bonchev–Trinajstić information content (AvgIpc) is 2.95. The van der Waals surface area contributed by atoms with Crippen LogP contribution < -0.4 is 4.90 Å². The summed E-state index contributed by atoms with van der Waals surface area (Å²) in [6.45, 7) is 8.10. The Hall–Kier alpha value is -1.69. The predicted octanol–water partition coefficient (Wildman–Crippen LogP) is 1.83. The second kappa shape index (κ2) is 5.36. The minimum atomic E-state index is 0.282. The zero-order chi connectivity index (χ0) is 14.1. The largest absolute Gasteiger partial charge is 0.371 e. The number of aryl methyl sites for hydroxylation is 1. The molecule has 2 aromatic rings. The van der Waals surface area contributed by atoms with E-state index in [0.29, 0.717) is 0 Å². The fraction of sp³-hybridized carbons (Fsp3) is 0.643. The number of anilines is 1. The second-order valence-electron chi connectivity index (χ2n) is 5.32. The van der Waals surface area contributed by atoms with E-state index in [4.69, 9.17) is 4.74 Å². The van der Waals surface area contributed by atoms with Crippen molar-refractivity contribution in [2.45, 2.75) is 45.8 Å². The minimum Gasteiger partial charge on any atom is -0.371 e. The third kappa shape index (κ3) is 2.35. The van der Waals surface area contributed by atoms with Crippen LogP contribution in [0.2, 0.25) is 0 Å². The van der Waals surface area contributed by atoms with Gasteiger partial charge in [-0.25, -0.2) is 4.98 Å². The van der Waals surface area contributed by atoms with Gasteiger partial charge in [-0.1, -0.05) is 13.8 Å². The Labute approximate surface area is 118 Å². The van der Waals surface area contributed by atoms with Crippen molar-refractivity contribution in [2.75, 3.05) is 18.0 Å². The molecule has 1 fully saturated rings. The van der Waals surface area contributed by atoms with E-state index >= 15 is 0 Å². The Morgan fingerprint density at radius 1 is 1.25 bits per heavy atom. The van der Waals surface area contributed by atoms with E-state index in [2.05, 4.69) is 33.9 Å². The maximum absolute atomic E-state index is 6.04. The van der Waals surface area contributed by atoms with Crippen LogP contribution >= 0.6 is 0 Å². The van der Waals surface area contributed by atoms with E-state index in [9.17, 15) is 0 Å². The fourth-order valence-electron chi connectivity index (χ4n) is 2.68. The molecule has 6 nitrogen and oxygen atoms in total. The SMILES string of the molecule is CCC1CN(c2cc3nncn3c(C)n2)CC(CC)O1. The lowest BCUT2D eigenvalue weighted by atomic mass is 10.1. The molecule has 20 heavy (non-hydrogen) atoms. The van der Waals surface area contributed by atoms with Crippen LogP contribution in [0.25, 0.3) is 5.65 Å². The van der Waals surface area contributed by atoms with Gasteiger partial charge in [-0.05, 0) is 19.8 Å². The monoisotopic (exact) mass is 275 g/mol. The van der Waals surface area contributed by atoms with Crippen molar-refractivity contribution in [1.29, 1.82) is 0 Å².